The van der Waals surface area contributed by atoms with Crippen LogP contribution in [0.4, 0.5) is 0 Å². The summed E-state index contributed by atoms with van der Waals surface area (Å²) < 4.78 is 0. The van der Waals surface area contributed by atoms with Crippen LogP contribution in [0.3, 0.4) is 0 Å². The lowest BCUT2D eigenvalue weighted by molar-refractivity contribution is 0.527. The van der Waals surface area contributed by atoms with Crippen LogP contribution in [0.1, 0.15) is 55.5 Å². The molecule has 0 radical (unpaired) electrons. The molecular weight excluding hydrogens is 226 g/mol. The highest BCUT2D eigenvalue weighted by Gasteiger charge is 2.16. The van der Waals surface area contributed by atoms with Crippen molar-refractivity contribution in [3.63, 3.8) is 0 Å². The largest absolute Gasteiger partial charge is 0.310 e. The zero-order valence-corrected chi connectivity index (χ0v) is 11.8. The molecule has 17 heavy (non-hydrogen) atoms. The van der Waals surface area contributed by atoms with Gasteiger partial charge in [0.1, 0.15) is 0 Å². The predicted molar refractivity (Wildman–Crippen MR) is 76.6 cm³/mol. The van der Waals surface area contributed by atoms with Crippen LogP contribution >= 0.6 is 11.3 Å². The zero-order chi connectivity index (χ0) is 12.1. The summed E-state index contributed by atoms with van der Waals surface area (Å²) in [5, 5.41) is 5.85. The van der Waals surface area contributed by atoms with Crippen molar-refractivity contribution in [2.45, 2.75) is 52.0 Å². The minimum atomic E-state index is 0.524. The van der Waals surface area contributed by atoms with Crippen molar-refractivity contribution in [3.05, 3.63) is 33.5 Å². The first-order valence-corrected chi connectivity index (χ1v) is 7.64. The fourth-order valence-electron chi connectivity index (χ4n) is 2.65. The van der Waals surface area contributed by atoms with E-state index in [2.05, 4.69) is 36.7 Å². The van der Waals surface area contributed by atoms with E-state index in [0.29, 0.717) is 6.04 Å². The van der Waals surface area contributed by atoms with E-state index in [1.807, 2.05) is 11.3 Å². The van der Waals surface area contributed by atoms with Gasteiger partial charge in [-0.15, -0.1) is 11.3 Å². The van der Waals surface area contributed by atoms with Gasteiger partial charge in [-0.05, 0) is 62.6 Å². The highest BCUT2D eigenvalue weighted by atomic mass is 32.1. The van der Waals surface area contributed by atoms with E-state index in [1.165, 1.54) is 42.5 Å². The molecule has 1 heterocycles. The van der Waals surface area contributed by atoms with E-state index in [4.69, 9.17) is 0 Å². The van der Waals surface area contributed by atoms with Gasteiger partial charge < -0.3 is 5.32 Å². The molecule has 0 saturated heterocycles. The van der Waals surface area contributed by atoms with Gasteiger partial charge in [0.25, 0.3) is 0 Å². The Morgan fingerprint density at radius 3 is 2.88 bits per heavy atom. The van der Waals surface area contributed by atoms with Crippen LogP contribution in [0.15, 0.2) is 23.1 Å². The molecule has 94 valence electrons. The molecule has 1 unspecified atom stereocenters. The molecule has 1 N–H and O–H groups in total. The minimum absolute atomic E-state index is 0.524. The van der Waals surface area contributed by atoms with E-state index in [0.717, 1.165) is 6.54 Å². The van der Waals surface area contributed by atoms with Crippen molar-refractivity contribution >= 4 is 11.3 Å². The molecular formula is C15H23NS. The Morgan fingerprint density at radius 1 is 1.41 bits per heavy atom. The van der Waals surface area contributed by atoms with Crippen LogP contribution in [0.5, 0.6) is 0 Å². The van der Waals surface area contributed by atoms with Crippen LogP contribution in [-0.2, 0) is 0 Å². The molecule has 0 amide bonds. The molecule has 0 bridgehead atoms. The van der Waals surface area contributed by atoms with Crippen LogP contribution in [0, 0.1) is 6.92 Å². The highest BCUT2D eigenvalue weighted by Crippen LogP contribution is 2.30. The van der Waals surface area contributed by atoms with Gasteiger partial charge in [0, 0.05) is 10.9 Å². The van der Waals surface area contributed by atoms with E-state index < -0.39 is 0 Å². The number of nitrogens with one attached hydrogen (secondary N) is 1. The number of thiophene rings is 1. The first kappa shape index (κ1) is 12.8. The van der Waals surface area contributed by atoms with Gasteiger partial charge in [-0.2, -0.15) is 0 Å². The quantitative estimate of drug-likeness (QED) is 0.752. The first-order valence-electron chi connectivity index (χ1n) is 6.76. The SMILES string of the molecule is CCNC(CC1=CCCCC1)c1ccsc1C. The average molecular weight is 249 g/mol. The molecule has 0 spiro atoms. The molecule has 0 aromatic carbocycles. The second kappa shape index (κ2) is 6.36. The molecule has 1 aliphatic rings. The fourth-order valence-corrected chi connectivity index (χ4v) is 3.41. The number of allylic oxidation sites excluding steroid dienone is 1. The number of aryl methyl sites for hydroxylation is 1. The molecule has 0 aliphatic heterocycles. The van der Waals surface area contributed by atoms with E-state index in [1.54, 1.807) is 5.57 Å². The molecule has 2 heteroatoms. The van der Waals surface area contributed by atoms with Crippen molar-refractivity contribution in [2.24, 2.45) is 0 Å². The normalized spacial score (nSPS) is 17.9. The predicted octanol–water partition coefficient (Wildman–Crippen LogP) is 4.60. The lowest BCUT2D eigenvalue weighted by Gasteiger charge is -2.21. The minimum Gasteiger partial charge on any atom is -0.310 e. The Labute approximate surface area is 109 Å². The van der Waals surface area contributed by atoms with Gasteiger partial charge in [0.2, 0.25) is 0 Å². The third kappa shape index (κ3) is 3.43. The smallest absolute Gasteiger partial charge is 0.0368 e. The van der Waals surface area contributed by atoms with Crippen LogP contribution in [0.25, 0.3) is 0 Å². The van der Waals surface area contributed by atoms with Gasteiger partial charge >= 0.3 is 0 Å². The maximum absolute atomic E-state index is 3.64. The molecule has 1 aromatic rings. The van der Waals surface area contributed by atoms with Crippen molar-refractivity contribution in [2.75, 3.05) is 6.54 Å². The summed E-state index contributed by atoms with van der Waals surface area (Å²) in [5.74, 6) is 0. The third-order valence-electron chi connectivity index (χ3n) is 3.58. The van der Waals surface area contributed by atoms with Crippen molar-refractivity contribution in [1.29, 1.82) is 0 Å². The Bertz CT molecular complexity index is 378. The van der Waals surface area contributed by atoms with Gasteiger partial charge in [-0.3, -0.25) is 0 Å². The molecule has 1 aromatic heterocycles. The Hall–Kier alpha value is -0.600. The summed E-state index contributed by atoms with van der Waals surface area (Å²) in [7, 11) is 0. The van der Waals surface area contributed by atoms with Crippen LogP contribution in [0.2, 0.25) is 0 Å². The second-order valence-corrected chi connectivity index (χ2v) is 5.97. The number of rotatable bonds is 5. The number of hydrogen-bond acceptors (Lipinski definition) is 2. The molecule has 2 rings (SSSR count). The highest BCUT2D eigenvalue weighted by molar-refractivity contribution is 7.10. The Balaban J connectivity index is 2.07. The van der Waals surface area contributed by atoms with Crippen LogP contribution < -0.4 is 5.32 Å². The van der Waals surface area contributed by atoms with Crippen molar-refractivity contribution in [3.8, 4) is 0 Å². The summed E-state index contributed by atoms with van der Waals surface area (Å²) in [4.78, 5) is 1.47. The standard InChI is InChI=1S/C15H23NS/c1-3-16-15(14-9-10-17-12(14)2)11-13-7-5-4-6-8-13/h7,9-10,15-16H,3-6,8,11H2,1-2H3. The molecule has 1 aliphatic carbocycles. The summed E-state index contributed by atoms with van der Waals surface area (Å²) in [6, 6.07) is 2.81. The monoisotopic (exact) mass is 249 g/mol. The van der Waals surface area contributed by atoms with Crippen LogP contribution in [-0.4, -0.2) is 6.54 Å². The first-order chi connectivity index (χ1) is 8.31. The van der Waals surface area contributed by atoms with E-state index in [9.17, 15) is 0 Å². The fraction of sp³-hybridized carbons (Fsp3) is 0.600. The maximum Gasteiger partial charge on any atom is 0.0368 e. The third-order valence-corrected chi connectivity index (χ3v) is 4.44. The molecule has 0 saturated carbocycles. The maximum atomic E-state index is 3.64. The van der Waals surface area contributed by atoms with E-state index >= 15 is 0 Å². The summed E-state index contributed by atoms with van der Waals surface area (Å²) in [6.45, 7) is 5.48. The summed E-state index contributed by atoms with van der Waals surface area (Å²) >= 11 is 1.86. The summed E-state index contributed by atoms with van der Waals surface area (Å²) in [5.41, 5.74) is 3.16. The number of hydrogen-bond donors (Lipinski definition) is 1. The lowest BCUT2D eigenvalue weighted by Crippen LogP contribution is -2.21. The summed E-state index contributed by atoms with van der Waals surface area (Å²) in [6.07, 6.45) is 9.03. The van der Waals surface area contributed by atoms with Gasteiger partial charge in [0.15, 0.2) is 0 Å². The van der Waals surface area contributed by atoms with Crippen molar-refractivity contribution in [1.82, 2.24) is 5.32 Å². The zero-order valence-electron chi connectivity index (χ0n) is 11.0. The van der Waals surface area contributed by atoms with Gasteiger partial charge in [0.05, 0.1) is 0 Å². The second-order valence-electron chi connectivity index (χ2n) is 4.85. The van der Waals surface area contributed by atoms with Gasteiger partial charge in [-0.1, -0.05) is 18.6 Å². The lowest BCUT2D eigenvalue weighted by atomic mass is 9.92. The molecule has 1 nitrogen and oxygen atoms in total. The van der Waals surface area contributed by atoms with Crippen molar-refractivity contribution < 1.29 is 0 Å². The average Bonchev–Trinajstić information content (AvgIpc) is 2.76. The van der Waals surface area contributed by atoms with E-state index in [-0.39, 0.29) is 0 Å². The molecule has 0 fully saturated rings. The van der Waals surface area contributed by atoms with Gasteiger partial charge in [-0.25, -0.2) is 0 Å². The Kier molecular flexibility index (Phi) is 4.81. The Morgan fingerprint density at radius 2 is 2.29 bits per heavy atom. The molecule has 1 atom stereocenters. The topological polar surface area (TPSA) is 12.0 Å².